The van der Waals surface area contributed by atoms with Gasteiger partial charge in [-0.05, 0) is 54.3 Å². The van der Waals surface area contributed by atoms with Crippen molar-refractivity contribution in [3.63, 3.8) is 0 Å². The van der Waals surface area contributed by atoms with Crippen molar-refractivity contribution in [2.24, 2.45) is 0 Å². The van der Waals surface area contributed by atoms with Gasteiger partial charge in [0.25, 0.3) is 5.91 Å². The number of amides is 1. The summed E-state index contributed by atoms with van der Waals surface area (Å²) in [6.07, 6.45) is 4.32. The van der Waals surface area contributed by atoms with Gasteiger partial charge in [0.1, 0.15) is 5.82 Å². The van der Waals surface area contributed by atoms with E-state index in [0.717, 1.165) is 52.0 Å². The number of benzene rings is 2. The van der Waals surface area contributed by atoms with Crippen LogP contribution in [0.2, 0.25) is 0 Å². The summed E-state index contributed by atoms with van der Waals surface area (Å²) in [6, 6.07) is 19.8. The van der Waals surface area contributed by atoms with E-state index in [1.165, 1.54) is 12.8 Å². The van der Waals surface area contributed by atoms with E-state index in [1.54, 1.807) is 11.8 Å². The molecule has 6 nitrogen and oxygen atoms in total. The van der Waals surface area contributed by atoms with Gasteiger partial charge in [-0.2, -0.15) is 0 Å². The van der Waals surface area contributed by atoms with E-state index in [9.17, 15) is 4.79 Å². The number of pyridine rings is 1. The number of aromatic amines is 1. The van der Waals surface area contributed by atoms with Crippen LogP contribution in [0.3, 0.4) is 0 Å². The summed E-state index contributed by atoms with van der Waals surface area (Å²) in [6.45, 7) is 2.63. The SMILES string of the molecule is O=C(NCc1ccc(N2CCCC2)nc1)c1ccc(CSc2nc3ccccc3[nH]2)cc1. The van der Waals surface area contributed by atoms with Crippen LogP contribution in [-0.2, 0) is 12.3 Å². The summed E-state index contributed by atoms with van der Waals surface area (Å²) in [5.41, 5.74) is 4.82. The smallest absolute Gasteiger partial charge is 0.251 e. The van der Waals surface area contributed by atoms with Crippen molar-refractivity contribution in [2.75, 3.05) is 18.0 Å². The number of thioether (sulfide) groups is 1. The molecule has 0 spiro atoms. The van der Waals surface area contributed by atoms with Crippen LogP contribution in [-0.4, -0.2) is 33.9 Å². The van der Waals surface area contributed by atoms with E-state index in [4.69, 9.17) is 0 Å². The molecule has 0 radical (unpaired) electrons. The molecule has 1 aliphatic heterocycles. The van der Waals surface area contributed by atoms with Crippen LogP contribution in [0.25, 0.3) is 11.0 Å². The number of H-pyrrole nitrogens is 1. The van der Waals surface area contributed by atoms with Crippen LogP contribution in [0, 0.1) is 0 Å². The molecule has 0 unspecified atom stereocenters. The number of para-hydroxylation sites is 2. The Hall–Kier alpha value is -3.32. The maximum absolute atomic E-state index is 12.5. The Morgan fingerprint density at radius 3 is 2.53 bits per heavy atom. The number of aromatic nitrogens is 3. The number of nitrogens with zero attached hydrogens (tertiary/aromatic N) is 3. The maximum Gasteiger partial charge on any atom is 0.251 e. The van der Waals surface area contributed by atoms with Gasteiger partial charge in [0, 0.05) is 37.1 Å². The highest BCUT2D eigenvalue weighted by molar-refractivity contribution is 7.98. The van der Waals surface area contributed by atoms with E-state index in [0.29, 0.717) is 12.1 Å². The topological polar surface area (TPSA) is 73.9 Å². The number of carbonyl (C=O) groups excluding carboxylic acids is 1. The van der Waals surface area contributed by atoms with Crippen LogP contribution < -0.4 is 10.2 Å². The zero-order valence-corrected chi connectivity index (χ0v) is 18.6. The molecule has 2 aromatic heterocycles. The highest BCUT2D eigenvalue weighted by Gasteiger charge is 2.13. The lowest BCUT2D eigenvalue weighted by Crippen LogP contribution is -2.23. The summed E-state index contributed by atoms with van der Waals surface area (Å²) >= 11 is 1.65. The van der Waals surface area contributed by atoms with Crippen LogP contribution in [0.1, 0.15) is 34.3 Å². The number of rotatable bonds is 7. The Morgan fingerprint density at radius 2 is 1.78 bits per heavy atom. The van der Waals surface area contributed by atoms with E-state index in [-0.39, 0.29) is 5.91 Å². The molecular weight excluding hydrogens is 418 g/mol. The number of anilines is 1. The molecule has 1 saturated heterocycles. The number of imidazole rings is 1. The number of hydrogen-bond acceptors (Lipinski definition) is 5. The summed E-state index contributed by atoms with van der Waals surface area (Å²) in [7, 11) is 0. The Balaban J connectivity index is 1.12. The molecule has 2 N–H and O–H groups in total. The lowest BCUT2D eigenvalue weighted by molar-refractivity contribution is 0.0951. The number of fused-ring (bicyclic) bond motifs is 1. The summed E-state index contributed by atoms with van der Waals surface area (Å²) in [4.78, 5) is 27.3. The lowest BCUT2D eigenvalue weighted by atomic mass is 10.1. The molecule has 1 amide bonds. The second kappa shape index (κ2) is 9.44. The standard InChI is InChI=1S/C25H25N5OS/c31-24(27-16-19-9-12-23(26-15-19)30-13-3-4-14-30)20-10-7-18(8-11-20)17-32-25-28-21-5-1-2-6-22(21)29-25/h1-2,5-12,15H,3-4,13-14,16-17H2,(H,27,31)(H,28,29). The average molecular weight is 444 g/mol. The molecule has 0 bridgehead atoms. The molecule has 5 rings (SSSR count). The molecule has 0 atom stereocenters. The molecule has 0 aliphatic carbocycles. The summed E-state index contributed by atoms with van der Waals surface area (Å²) in [5.74, 6) is 1.73. The minimum Gasteiger partial charge on any atom is -0.357 e. The number of nitrogens with one attached hydrogen (secondary N) is 2. The van der Waals surface area contributed by atoms with Crippen molar-refractivity contribution in [2.45, 2.75) is 30.3 Å². The van der Waals surface area contributed by atoms with Gasteiger partial charge in [0.05, 0.1) is 11.0 Å². The molecule has 1 aliphatic rings. The fourth-order valence-electron chi connectivity index (χ4n) is 3.84. The fourth-order valence-corrected chi connectivity index (χ4v) is 4.68. The predicted molar refractivity (Wildman–Crippen MR) is 129 cm³/mol. The van der Waals surface area contributed by atoms with Gasteiger partial charge in [-0.1, -0.05) is 42.1 Å². The second-order valence-corrected chi connectivity index (χ2v) is 8.91. The highest BCUT2D eigenvalue weighted by Crippen LogP contribution is 2.23. The van der Waals surface area contributed by atoms with Crippen LogP contribution in [0.4, 0.5) is 5.82 Å². The summed E-state index contributed by atoms with van der Waals surface area (Å²) < 4.78 is 0. The Bertz CT molecular complexity index is 1160. The van der Waals surface area contributed by atoms with E-state index in [1.807, 2.05) is 66.9 Å². The van der Waals surface area contributed by atoms with E-state index in [2.05, 4.69) is 25.2 Å². The van der Waals surface area contributed by atoms with Crippen LogP contribution >= 0.6 is 11.8 Å². The van der Waals surface area contributed by atoms with E-state index >= 15 is 0 Å². The van der Waals surface area contributed by atoms with Gasteiger partial charge in [0.2, 0.25) is 0 Å². The zero-order chi connectivity index (χ0) is 21.8. The minimum atomic E-state index is -0.0786. The normalized spacial score (nSPS) is 13.6. The Labute approximate surface area is 191 Å². The molecule has 4 aromatic rings. The van der Waals surface area contributed by atoms with Crippen molar-refractivity contribution in [3.8, 4) is 0 Å². The lowest BCUT2D eigenvalue weighted by Gasteiger charge is -2.16. The first-order chi connectivity index (χ1) is 15.7. The summed E-state index contributed by atoms with van der Waals surface area (Å²) in [5, 5.41) is 3.88. The molecule has 162 valence electrons. The Morgan fingerprint density at radius 1 is 1.00 bits per heavy atom. The molecular formula is C25H25N5OS. The first-order valence-electron chi connectivity index (χ1n) is 10.9. The van der Waals surface area contributed by atoms with Gasteiger partial charge >= 0.3 is 0 Å². The molecule has 2 aromatic carbocycles. The molecule has 7 heteroatoms. The maximum atomic E-state index is 12.5. The number of carbonyl (C=O) groups is 1. The van der Waals surface area contributed by atoms with Crippen molar-refractivity contribution in [1.82, 2.24) is 20.3 Å². The Kier molecular flexibility index (Phi) is 6.07. The third kappa shape index (κ3) is 4.78. The fraction of sp³-hybridized carbons (Fsp3) is 0.240. The first kappa shape index (κ1) is 20.6. The third-order valence-corrected chi connectivity index (χ3v) is 6.60. The van der Waals surface area contributed by atoms with Gasteiger partial charge in [0.15, 0.2) is 5.16 Å². The van der Waals surface area contributed by atoms with Gasteiger partial charge in [-0.25, -0.2) is 9.97 Å². The number of hydrogen-bond donors (Lipinski definition) is 2. The average Bonchev–Trinajstić information content (AvgIpc) is 3.52. The van der Waals surface area contributed by atoms with E-state index < -0.39 is 0 Å². The van der Waals surface area contributed by atoms with Crippen molar-refractivity contribution >= 4 is 34.5 Å². The van der Waals surface area contributed by atoms with Crippen LogP contribution in [0.15, 0.2) is 72.0 Å². The van der Waals surface area contributed by atoms with Gasteiger partial charge in [-0.15, -0.1) is 0 Å². The second-order valence-electron chi connectivity index (χ2n) is 7.95. The van der Waals surface area contributed by atoms with Crippen molar-refractivity contribution in [1.29, 1.82) is 0 Å². The van der Waals surface area contributed by atoms with Crippen molar-refractivity contribution in [3.05, 3.63) is 83.6 Å². The van der Waals surface area contributed by atoms with Gasteiger partial charge < -0.3 is 15.2 Å². The highest BCUT2D eigenvalue weighted by atomic mass is 32.2. The monoisotopic (exact) mass is 443 g/mol. The quantitative estimate of drug-likeness (QED) is 0.402. The zero-order valence-electron chi connectivity index (χ0n) is 17.8. The first-order valence-corrected chi connectivity index (χ1v) is 11.9. The third-order valence-electron chi connectivity index (χ3n) is 5.65. The molecule has 32 heavy (non-hydrogen) atoms. The molecule has 1 fully saturated rings. The van der Waals surface area contributed by atoms with Gasteiger partial charge in [-0.3, -0.25) is 4.79 Å². The largest absolute Gasteiger partial charge is 0.357 e. The molecule has 0 saturated carbocycles. The molecule has 3 heterocycles. The predicted octanol–water partition coefficient (Wildman–Crippen LogP) is 4.78. The van der Waals surface area contributed by atoms with Crippen molar-refractivity contribution < 1.29 is 4.79 Å². The van der Waals surface area contributed by atoms with Crippen LogP contribution in [0.5, 0.6) is 0 Å². The minimum absolute atomic E-state index is 0.0786.